The molecule has 2 N–H and O–H groups in total. The third-order valence-electron chi connectivity index (χ3n) is 6.43. The molecular formula is C29H28N4O3. The Kier molecular flexibility index (Phi) is 6.29. The first-order valence-corrected chi connectivity index (χ1v) is 12.0. The Balaban J connectivity index is 1.61. The number of anilines is 1. The summed E-state index contributed by atoms with van der Waals surface area (Å²) in [4.78, 5) is 26.6. The normalized spacial score (nSPS) is 16.7. The van der Waals surface area contributed by atoms with Crippen molar-refractivity contribution in [3.05, 3.63) is 107 Å². The zero-order valence-electron chi connectivity index (χ0n) is 20.5. The average molecular weight is 481 g/mol. The van der Waals surface area contributed by atoms with Crippen molar-refractivity contribution in [2.45, 2.75) is 32.7 Å². The number of fused-ring (bicyclic) bond motifs is 1. The minimum absolute atomic E-state index is 0.293. The molecule has 7 nitrogen and oxygen atoms in total. The highest BCUT2D eigenvalue weighted by Gasteiger charge is 2.41. The minimum atomic E-state index is -0.822. The Labute approximate surface area is 210 Å². The van der Waals surface area contributed by atoms with Gasteiger partial charge >= 0.3 is 0 Å². The van der Waals surface area contributed by atoms with Gasteiger partial charge in [-0.15, -0.1) is 0 Å². The quantitative estimate of drug-likeness (QED) is 0.416. The van der Waals surface area contributed by atoms with Crippen LogP contribution in [0.25, 0.3) is 5.69 Å². The van der Waals surface area contributed by atoms with Crippen LogP contribution in [-0.4, -0.2) is 34.2 Å². The molecule has 36 heavy (non-hydrogen) atoms. The highest BCUT2D eigenvalue weighted by atomic mass is 16.5. The van der Waals surface area contributed by atoms with E-state index in [-0.39, 0.29) is 11.8 Å². The molecule has 1 aliphatic heterocycles. The van der Waals surface area contributed by atoms with Gasteiger partial charge in [-0.3, -0.25) is 9.59 Å². The van der Waals surface area contributed by atoms with Crippen LogP contribution >= 0.6 is 0 Å². The maximum Gasteiger partial charge on any atom is 0.251 e. The summed E-state index contributed by atoms with van der Waals surface area (Å²) in [5, 5.41) is 10.8. The molecule has 182 valence electrons. The summed E-state index contributed by atoms with van der Waals surface area (Å²) < 4.78 is 7.38. The van der Waals surface area contributed by atoms with Crippen LogP contribution in [-0.2, 0) is 4.79 Å². The summed E-state index contributed by atoms with van der Waals surface area (Å²) >= 11 is 0. The van der Waals surface area contributed by atoms with E-state index in [9.17, 15) is 9.59 Å². The molecule has 4 aromatic rings. The third kappa shape index (κ3) is 4.35. The summed E-state index contributed by atoms with van der Waals surface area (Å²) in [6, 6.07) is 23.7. The number of amides is 2. The maximum atomic E-state index is 13.5. The Bertz CT molecular complexity index is 1390. The van der Waals surface area contributed by atoms with Gasteiger partial charge in [0.1, 0.15) is 17.6 Å². The number of hydrogen-bond donors (Lipinski definition) is 2. The van der Waals surface area contributed by atoms with Gasteiger partial charge in [0.2, 0.25) is 5.91 Å². The number of nitrogens with zero attached hydrogens (tertiary/aromatic N) is 2. The smallest absolute Gasteiger partial charge is 0.251 e. The van der Waals surface area contributed by atoms with Crippen molar-refractivity contribution in [3.63, 3.8) is 0 Å². The van der Waals surface area contributed by atoms with Crippen molar-refractivity contribution in [2.75, 3.05) is 11.9 Å². The monoisotopic (exact) mass is 480 g/mol. The Hall–Kier alpha value is -4.39. The average Bonchev–Trinajstić information content (AvgIpc) is 3.21. The van der Waals surface area contributed by atoms with E-state index in [1.807, 2.05) is 75.4 Å². The molecule has 0 bridgehead atoms. The second-order valence-electron chi connectivity index (χ2n) is 8.88. The zero-order chi connectivity index (χ0) is 25.2. The van der Waals surface area contributed by atoms with Crippen molar-refractivity contribution < 1.29 is 14.3 Å². The second kappa shape index (κ2) is 9.70. The molecule has 0 saturated heterocycles. The highest BCUT2D eigenvalue weighted by molar-refractivity contribution is 6.04. The van der Waals surface area contributed by atoms with E-state index in [2.05, 4.69) is 10.6 Å². The molecule has 0 fully saturated rings. The zero-order valence-corrected chi connectivity index (χ0v) is 20.5. The Morgan fingerprint density at radius 1 is 1.00 bits per heavy atom. The van der Waals surface area contributed by atoms with Gasteiger partial charge in [0.05, 0.1) is 18.0 Å². The summed E-state index contributed by atoms with van der Waals surface area (Å²) in [6.07, 6.45) is 0. The van der Waals surface area contributed by atoms with Gasteiger partial charge in [-0.05, 0) is 62.7 Å². The molecule has 0 aliphatic carbocycles. The number of aryl methyl sites for hydroxylation is 2. The number of carbonyl (C=O) groups is 2. The third-order valence-corrected chi connectivity index (χ3v) is 6.43. The largest absolute Gasteiger partial charge is 0.494 e. The lowest BCUT2D eigenvalue weighted by molar-refractivity contribution is -0.118. The summed E-state index contributed by atoms with van der Waals surface area (Å²) in [5.41, 5.74) is 5.02. The van der Waals surface area contributed by atoms with Gasteiger partial charge in [0, 0.05) is 17.0 Å². The van der Waals surface area contributed by atoms with E-state index in [4.69, 9.17) is 9.84 Å². The Morgan fingerprint density at radius 3 is 2.36 bits per heavy atom. The predicted molar refractivity (Wildman–Crippen MR) is 139 cm³/mol. The summed E-state index contributed by atoms with van der Waals surface area (Å²) in [5.74, 6) is 0.332. The van der Waals surface area contributed by atoms with Crippen LogP contribution in [0, 0.1) is 13.8 Å². The molecule has 0 spiro atoms. The van der Waals surface area contributed by atoms with Gasteiger partial charge in [-0.1, -0.05) is 48.0 Å². The number of nitrogens with one attached hydrogen (secondary N) is 2. The van der Waals surface area contributed by atoms with Crippen LogP contribution in [0.15, 0.2) is 78.9 Å². The maximum absolute atomic E-state index is 13.5. The molecule has 2 heterocycles. The number of aromatic nitrogens is 2. The molecule has 2 unspecified atom stereocenters. The van der Waals surface area contributed by atoms with Gasteiger partial charge in [0.25, 0.3) is 5.91 Å². The lowest BCUT2D eigenvalue weighted by Gasteiger charge is -2.33. The van der Waals surface area contributed by atoms with E-state index in [0.717, 1.165) is 33.8 Å². The molecule has 1 aliphatic rings. The van der Waals surface area contributed by atoms with Gasteiger partial charge in [-0.2, -0.15) is 5.10 Å². The predicted octanol–water partition coefficient (Wildman–Crippen LogP) is 4.77. The van der Waals surface area contributed by atoms with Crippen molar-refractivity contribution in [1.29, 1.82) is 0 Å². The number of benzene rings is 3. The standard InChI is InChI=1S/C29H28N4O3/c1-4-36-23-16-12-20(13-17-23)25-24-19(3)32-33(22-14-10-18(2)11-15-22)27(24)31-29(35)26(25)30-28(34)21-8-6-5-7-9-21/h5-17,25-26H,4H2,1-3H3,(H,30,34)(H,31,35). The fourth-order valence-corrected chi connectivity index (χ4v) is 4.68. The Morgan fingerprint density at radius 2 is 1.69 bits per heavy atom. The molecule has 7 heteroatoms. The van der Waals surface area contributed by atoms with Crippen molar-refractivity contribution >= 4 is 17.6 Å². The number of hydrogen-bond acceptors (Lipinski definition) is 4. The van der Waals surface area contributed by atoms with Crippen LogP contribution in [0.3, 0.4) is 0 Å². The van der Waals surface area contributed by atoms with Gasteiger partial charge in [-0.25, -0.2) is 4.68 Å². The molecule has 2 atom stereocenters. The molecular weight excluding hydrogens is 452 g/mol. The summed E-state index contributed by atoms with van der Waals surface area (Å²) in [7, 11) is 0. The number of rotatable bonds is 6. The van der Waals surface area contributed by atoms with Crippen LogP contribution < -0.4 is 15.4 Å². The lowest BCUT2D eigenvalue weighted by atomic mass is 9.81. The first-order valence-electron chi connectivity index (χ1n) is 12.0. The first-order chi connectivity index (χ1) is 17.5. The van der Waals surface area contributed by atoms with Crippen LogP contribution in [0.4, 0.5) is 5.82 Å². The minimum Gasteiger partial charge on any atom is -0.494 e. The second-order valence-corrected chi connectivity index (χ2v) is 8.88. The van der Waals surface area contributed by atoms with Crippen LogP contribution in [0.1, 0.15) is 45.6 Å². The van der Waals surface area contributed by atoms with Gasteiger partial charge in [0.15, 0.2) is 0 Å². The van der Waals surface area contributed by atoms with Crippen molar-refractivity contribution in [1.82, 2.24) is 15.1 Å². The van der Waals surface area contributed by atoms with Crippen LogP contribution in [0.5, 0.6) is 5.75 Å². The number of ether oxygens (including phenoxy) is 1. The van der Waals surface area contributed by atoms with Crippen molar-refractivity contribution in [2.24, 2.45) is 0 Å². The summed E-state index contributed by atoms with van der Waals surface area (Å²) in [6.45, 7) is 6.45. The van der Waals surface area contributed by atoms with E-state index in [1.54, 1.807) is 28.9 Å². The SMILES string of the molecule is CCOc1ccc(C2c3c(C)nn(-c4ccc(C)cc4)c3NC(=O)C2NC(=O)c2ccccc2)cc1. The highest BCUT2D eigenvalue weighted by Crippen LogP contribution is 2.41. The molecule has 2 amide bonds. The molecule has 0 saturated carbocycles. The fourth-order valence-electron chi connectivity index (χ4n) is 4.68. The fraction of sp³-hybridized carbons (Fsp3) is 0.207. The van der Waals surface area contributed by atoms with Crippen LogP contribution in [0.2, 0.25) is 0 Å². The molecule has 1 aromatic heterocycles. The topological polar surface area (TPSA) is 85.2 Å². The molecule has 3 aromatic carbocycles. The molecule has 5 rings (SSSR count). The van der Waals surface area contributed by atoms with E-state index >= 15 is 0 Å². The molecule has 0 radical (unpaired) electrons. The van der Waals surface area contributed by atoms with Crippen molar-refractivity contribution in [3.8, 4) is 11.4 Å². The van der Waals surface area contributed by atoms with E-state index in [0.29, 0.717) is 18.0 Å². The van der Waals surface area contributed by atoms with Gasteiger partial charge < -0.3 is 15.4 Å². The lowest BCUT2D eigenvalue weighted by Crippen LogP contribution is -2.50. The first kappa shape index (κ1) is 23.4. The number of carbonyl (C=O) groups excluding carboxylic acids is 2. The van der Waals surface area contributed by atoms with E-state index in [1.165, 1.54) is 0 Å². The van der Waals surface area contributed by atoms with E-state index < -0.39 is 12.0 Å².